The predicted octanol–water partition coefficient (Wildman–Crippen LogP) is 2.01. The number of esters is 1. The highest BCUT2D eigenvalue weighted by Crippen LogP contribution is 2.56. The van der Waals surface area contributed by atoms with Crippen molar-refractivity contribution in [3.63, 3.8) is 0 Å². The topological polar surface area (TPSA) is 116 Å². The lowest BCUT2D eigenvalue weighted by molar-refractivity contribution is -0.169. The van der Waals surface area contributed by atoms with Gasteiger partial charge in [-0.1, -0.05) is 15.9 Å². The van der Waals surface area contributed by atoms with Crippen molar-refractivity contribution < 1.29 is 52.7 Å². The van der Waals surface area contributed by atoms with Gasteiger partial charge in [-0.3, -0.25) is 4.79 Å². The average molecular weight is 550 g/mol. The smallest absolute Gasteiger partial charge is 0.439 e. The number of ether oxygens (including phenoxy) is 1. The molecule has 1 aromatic heterocycles. The third-order valence-corrected chi connectivity index (χ3v) is 8.57. The van der Waals surface area contributed by atoms with Crippen molar-refractivity contribution in [2.75, 3.05) is 4.31 Å². The van der Waals surface area contributed by atoms with E-state index in [0.29, 0.717) is 0 Å². The highest BCUT2D eigenvalue weighted by molar-refractivity contribution is 9.09. The molecule has 0 spiro atoms. The summed E-state index contributed by atoms with van der Waals surface area (Å²) in [6.07, 6.45) is -2.14. The number of carbonyl (C=O) groups excluding carboxylic acids is 1. The number of imidazole rings is 1. The molecule has 2 aliphatic heterocycles. The van der Waals surface area contributed by atoms with Crippen molar-refractivity contribution in [3.05, 3.63) is 12.0 Å². The second-order valence-electron chi connectivity index (χ2n) is 6.89. The number of halogens is 7. The van der Waals surface area contributed by atoms with Crippen LogP contribution in [0.1, 0.15) is 25.5 Å². The Morgan fingerprint density at radius 2 is 1.57 bits per heavy atom. The van der Waals surface area contributed by atoms with Crippen LogP contribution < -0.4 is 4.31 Å². The summed E-state index contributed by atoms with van der Waals surface area (Å²) in [5, 5.41) is 0. The third-order valence-electron chi connectivity index (χ3n) is 4.71. The Morgan fingerprint density at radius 1 is 1.07 bits per heavy atom. The molecule has 1 aromatic rings. The van der Waals surface area contributed by atoms with E-state index in [1.165, 1.54) is 0 Å². The highest BCUT2D eigenvalue weighted by Gasteiger charge is 2.65. The Morgan fingerprint density at radius 3 is 2.03 bits per heavy atom. The van der Waals surface area contributed by atoms with E-state index < -0.39 is 79.2 Å². The van der Waals surface area contributed by atoms with Crippen LogP contribution in [0, 0.1) is 5.41 Å². The maximum Gasteiger partial charge on any atom is 0.517 e. The van der Waals surface area contributed by atoms with E-state index in [2.05, 4.69) is 20.9 Å². The van der Waals surface area contributed by atoms with Crippen LogP contribution in [0.25, 0.3) is 0 Å². The number of hydrogen-bond acceptors (Lipinski definition) is 7. The summed E-state index contributed by atoms with van der Waals surface area (Å²) < 4.78 is 131. The van der Waals surface area contributed by atoms with Gasteiger partial charge in [0.1, 0.15) is 6.33 Å². The zero-order valence-corrected chi connectivity index (χ0v) is 17.8. The molecule has 0 saturated carbocycles. The Bertz CT molecular complexity index is 1130. The lowest BCUT2D eigenvalue weighted by Gasteiger charge is -2.50. The van der Waals surface area contributed by atoms with Gasteiger partial charge >= 0.3 is 37.0 Å². The minimum absolute atomic E-state index is 0.0351. The molecule has 0 aromatic carbocycles. The number of fused-ring (bicyclic) bond motifs is 4. The van der Waals surface area contributed by atoms with Gasteiger partial charge in [-0.2, -0.15) is 43.2 Å². The number of sulfonamides is 1. The molecule has 1 fully saturated rings. The first kappa shape index (κ1) is 23.1. The van der Waals surface area contributed by atoms with Gasteiger partial charge in [-0.05, 0) is 13.8 Å². The summed E-state index contributed by atoms with van der Waals surface area (Å²) in [6.45, 7) is 2.31. The van der Waals surface area contributed by atoms with Crippen molar-refractivity contribution in [1.82, 2.24) is 8.96 Å². The van der Waals surface area contributed by atoms with Crippen molar-refractivity contribution >= 4 is 47.8 Å². The van der Waals surface area contributed by atoms with Crippen LogP contribution >= 0.6 is 15.9 Å². The number of hydrogen-bond donors (Lipinski definition) is 0. The zero-order chi connectivity index (χ0) is 23.2. The normalized spacial score (nSPS) is 26.9. The first-order chi connectivity index (χ1) is 13.3. The number of alkyl halides is 7. The molecular weight excluding hydrogens is 540 g/mol. The van der Waals surface area contributed by atoms with Crippen molar-refractivity contribution in [2.24, 2.45) is 5.41 Å². The highest BCUT2D eigenvalue weighted by atomic mass is 79.9. The van der Waals surface area contributed by atoms with Gasteiger partial charge in [0.15, 0.2) is 5.82 Å². The monoisotopic (exact) mass is 549 g/mol. The summed E-state index contributed by atoms with van der Waals surface area (Å²) in [6, 6.07) is 0. The third kappa shape index (κ3) is 2.85. The first-order valence-corrected chi connectivity index (χ1v) is 11.4. The maximum absolute atomic E-state index is 13.2. The number of aromatic nitrogens is 2. The zero-order valence-electron chi connectivity index (χ0n) is 14.6. The molecule has 0 radical (unpaired) electrons. The lowest BCUT2D eigenvalue weighted by Crippen LogP contribution is -2.63. The fourth-order valence-electron chi connectivity index (χ4n) is 3.25. The minimum Gasteiger partial charge on any atom is -0.439 e. The molecule has 1 saturated heterocycles. The van der Waals surface area contributed by atoms with Crippen molar-refractivity contribution in [3.8, 4) is 0 Å². The van der Waals surface area contributed by atoms with E-state index in [-0.39, 0.29) is 6.33 Å². The van der Waals surface area contributed by atoms with Crippen molar-refractivity contribution in [1.29, 1.82) is 0 Å². The second kappa shape index (κ2) is 6.24. The standard InChI is InChI=1S/C12H10BrF6N3O6S2/c1-10(2)4-5(13)8(28-9(10)23)22(30(26,27)12(17,18)19)7-6(4)21(3-20-7)29(24,25)11(14,15)16/h3-5,8H,1-2H3. The molecule has 0 N–H and O–H groups in total. The van der Waals surface area contributed by atoms with E-state index in [0.717, 1.165) is 13.8 Å². The van der Waals surface area contributed by atoms with Crippen LogP contribution in [-0.4, -0.2) is 53.8 Å². The quantitative estimate of drug-likeness (QED) is 0.315. The molecule has 0 amide bonds. The molecule has 30 heavy (non-hydrogen) atoms. The predicted molar refractivity (Wildman–Crippen MR) is 89.2 cm³/mol. The molecular formula is C12H10BrF6N3O6S2. The van der Waals surface area contributed by atoms with Crippen LogP contribution in [0.3, 0.4) is 0 Å². The van der Waals surface area contributed by atoms with Gasteiger partial charge in [-0.25, -0.2) is 13.3 Å². The fraction of sp³-hybridized carbons (Fsp3) is 0.667. The molecule has 3 rings (SSSR count). The SMILES string of the molecule is CC1(C)C(=O)OC2C(Br)C1c1c(ncn1S(=O)(=O)C(F)(F)F)N2S(=O)(=O)C(F)(F)F. The van der Waals surface area contributed by atoms with Gasteiger partial charge in [0.2, 0.25) is 6.23 Å². The van der Waals surface area contributed by atoms with Crippen LogP contribution in [0.15, 0.2) is 6.33 Å². The van der Waals surface area contributed by atoms with E-state index in [1.54, 1.807) is 0 Å². The van der Waals surface area contributed by atoms with Gasteiger partial charge in [0.25, 0.3) is 0 Å². The molecule has 2 bridgehead atoms. The maximum atomic E-state index is 13.2. The first-order valence-electron chi connectivity index (χ1n) is 7.63. The molecule has 0 aliphatic carbocycles. The Hall–Kier alpha value is -1.56. The van der Waals surface area contributed by atoms with Crippen LogP contribution in [0.5, 0.6) is 0 Å². The van der Waals surface area contributed by atoms with E-state index in [1.807, 2.05) is 0 Å². The van der Waals surface area contributed by atoms with E-state index >= 15 is 0 Å². The molecule has 3 heterocycles. The van der Waals surface area contributed by atoms with Gasteiger partial charge in [-0.15, -0.1) is 0 Å². The summed E-state index contributed by atoms with van der Waals surface area (Å²) in [7, 11) is -12.6. The van der Waals surface area contributed by atoms with Gasteiger partial charge < -0.3 is 4.74 Å². The minimum atomic E-state index is -6.35. The molecule has 9 nitrogen and oxygen atoms in total. The summed E-state index contributed by atoms with van der Waals surface area (Å²) in [5.41, 5.74) is -14.7. The molecule has 3 atom stereocenters. The summed E-state index contributed by atoms with van der Waals surface area (Å²) in [4.78, 5) is 14.0. The number of nitrogens with zero attached hydrogens (tertiary/aromatic N) is 3. The lowest BCUT2D eigenvalue weighted by atomic mass is 9.72. The Kier molecular flexibility index (Phi) is 4.81. The van der Waals surface area contributed by atoms with Gasteiger partial charge in [0.05, 0.1) is 15.9 Å². The Labute approximate surface area is 173 Å². The van der Waals surface area contributed by atoms with Crippen LogP contribution in [0.4, 0.5) is 32.2 Å². The number of rotatable bonds is 2. The van der Waals surface area contributed by atoms with Gasteiger partial charge in [0, 0.05) is 5.92 Å². The summed E-state index contributed by atoms with van der Waals surface area (Å²) in [5.74, 6) is -4.04. The summed E-state index contributed by atoms with van der Waals surface area (Å²) >= 11 is 2.87. The molecule has 18 heteroatoms. The molecule has 3 unspecified atom stereocenters. The fourth-order valence-corrected chi connectivity index (χ4v) is 6.55. The molecule has 170 valence electrons. The average Bonchev–Trinajstić information content (AvgIpc) is 2.95. The van der Waals surface area contributed by atoms with Crippen LogP contribution in [0.2, 0.25) is 0 Å². The van der Waals surface area contributed by atoms with E-state index in [9.17, 15) is 48.0 Å². The van der Waals surface area contributed by atoms with E-state index in [4.69, 9.17) is 4.74 Å². The number of anilines is 1. The molecule has 2 aliphatic rings. The second-order valence-corrected chi connectivity index (χ2v) is 11.6. The van der Waals surface area contributed by atoms with Crippen molar-refractivity contribution in [2.45, 2.75) is 41.8 Å². The number of carbonyl (C=O) groups is 1. The Balaban J connectivity index is 2.43. The largest absolute Gasteiger partial charge is 0.517 e. The van der Waals surface area contributed by atoms with Crippen LogP contribution in [-0.2, 0) is 29.6 Å².